The molecule has 0 saturated carbocycles. The molecule has 4 rings (SSSR count). The van der Waals surface area contributed by atoms with Crippen LogP contribution in [0.3, 0.4) is 0 Å². The summed E-state index contributed by atoms with van der Waals surface area (Å²) in [4.78, 5) is 12.4. The van der Waals surface area contributed by atoms with Gasteiger partial charge in [-0.15, -0.1) is 0 Å². The van der Waals surface area contributed by atoms with Gasteiger partial charge in [0.15, 0.2) is 5.76 Å². The van der Waals surface area contributed by atoms with Crippen molar-refractivity contribution < 1.29 is 22.4 Å². The zero-order chi connectivity index (χ0) is 23.1. The van der Waals surface area contributed by atoms with Gasteiger partial charge in [0, 0.05) is 6.07 Å². The van der Waals surface area contributed by atoms with Crippen molar-refractivity contribution >= 4 is 21.6 Å². The van der Waals surface area contributed by atoms with Gasteiger partial charge in [-0.2, -0.15) is 0 Å². The molecule has 0 aliphatic heterocycles. The largest absolute Gasteiger partial charge is 0.426 e. The van der Waals surface area contributed by atoms with Crippen molar-refractivity contribution in [1.29, 1.82) is 0 Å². The van der Waals surface area contributed by atoms with Crippen LogP contribution in [0, 0.1) is 6.92 Å². The number of furan rings is 1. The summed E-state index contributed by atoms with van der Waals surface area (Å²) in [5.41, 5.74) is 9.40. The third-order valence-electron chi connectivity index (χ3n) is 5.67. The molecule has 168 valence electrons. The predicted octanol–water partition coefficient (Wildman–Crippen LogP) is 4.01. The van der Waals surface area contributed by atoms with Gasteiger partial charge < -0.3 is 9.15 Å². The molecule has 4 N–H and O–H groups in total. The minimum absolute atomic E-state index is 0.0209. The van der Waals surface area contributed by atoms with Gasteiger partial charge in [-0.05, 0) is 78.3 Å². The van der Waals surface area contributed by atoms with E-state index in [-0.39, 0.29) is 22.0 Å². The van der Waals surface area contributed by atoms with Crippen LogP contribution in [0.5, 0.6) is 11.7 Å². The number of benzene rings is 2. The van der Waals surface area contributed by atoms with Gasteiger partial charge in [0.1, 0.15) is 5.75 Å². The lowest BCUT2D eigenvalue weighted by Crippen LogP contribution is -2.29. The molecule has 1 aliphatic rings. The molecule has 0 fully saturated rings. The first-order valence-corrected chi connectivity index (χ1v) is 11.7. The number of amides is 1. The number of anilines is 1. The van der Waals surface area contributed by atoms with Crippen molar-refractivity contribution in [1.82, 2.24) is 5.43 Å². The first-order valence-electron chi connectivity index (χ1n) is 10.1. The van der Waals surface area contributed by atoms with Gasteiger partial charge in [0.25, 0.3) is 5.95 Å². The lowest BCUT2D eigenvalue weighted by molar-refractivity contribution is 0.0930. The molecule has 9 heteroatoms. The molecule has 8 nitrogen and oxygen atoms in total. The van der Waals surface area contributed by atoms with Gasteiger partial charge in [-0.25, -0.2) is 13.6 Å². The summed E-state index contributed by atoms with van der Waals surface area (Å²) >= 11 is 0. The van der Waals surface area contributed by atoms with Gasteiger partial charge in [-0.1, -0.05) is 19.9 Å². The Kier molecular flexibility index (Phi) is 5.47. The molecule has 0 atom stereocenters. The van der Waals surface area contributed by atoms with E-state index in [0.29, 0.717) is 11.4 Å². The van der Waals surface area contributed by atoms with Crippen LogP contribution < -0.4 is 20.7 Å². The van der Waals surface area contributed by atoms with E-state index in [9.17, 15) is 13.2 Å². The van der Waals surface area contributed by atoms with Crippen LogP contribution in [0.4, 0.5) is 5.69 Å². The first kappa shape index (κ1) is 21.9. The Hall–Kier alpha value is -3.30. The fraction of sp³-hybridized carbons (Fsp3) is 0.261. The number of aryl methyl sites for hydroxylation is 2. The number of hydrazine groups is 1. The number of hydrogen-bond acceptors (Lipinski definition) is 6. The number of rotatable bonds is 6. The summed E-state index contributed by atoms with van der Waals surface area (Å²) < 4.78 is 34.1. The Labute approximate surface area is 186 Å². The molecule has 0 radical (unpaired) electrons. The lowest BCUT2D eigenvalue weighted by Gasteiger charge is -2.20. The third-order valence-corrected chi connectivity index (χ3v) is 6.60. The summed E-state index contributed by atoms with van der Waals surface area (Å²) in [5.74, 6) is 0.467. The molecule has 1 aliphatic carbocycles. The van der Waals surface area contributed by atoms with E-state index in [1.807, 2.05) is 6.92 Å². The highest BCUT2D eigenvalue weighted by molar-refractivity contribution is 7.89. The van der Waals surface area contributed by atoms with E-state index in [0.717, 1.165) is 18.4 Å². The average molecular weight is 456 g/mol. The molecule has 0 bridgehead atoms. The molecular formula is C23H25N3O5S. The number of primary sulfonamides is 1. The van der Waals surface area contributed by atoms with Crippen molar-refractivity contribution in [3.63, 3.8) is 0 Å². The molecule has 1 amide bonds. The van der Waals surface area contributed by atoms with Gasteiger partial charge in [-0.3, -0.25) is 15.6 Å². The van der Waals surface area contributed by atoms with E-state index in [4.69, 9.17) is 14.3 Å². The third kappa shape index (κ3) is 4.49. The summed E-state index contributed by atoms with van der Waals surface area (Å²) in [5, 5.41) is 5.07. The van der Waals surface area contributed by atoms with E-state index in [1.54, 1.807) is 6.07 Å². The monoisotopic (exact) mass is 455 g/mol. The van der Waals surface area contributed by atoms with Crippen molar-refractivity contribution in [2.45, 2.75) is 43.9 Å². The Morgan fingerprint density at radius 2 is 1.84 bits per heavy atom. The average Bonchev–Trinajstić information content (AvgIpc) is 3.31. The standard InChI is InChI=1S/C23H25N3O5S/c1-14-12-15-10-11-23(2,3)18(15)13-20(14)31-21-9-8-19(30-21)22(27)26-25-16-4-6-17(7-5-16)32(24,28)29/h4-9,12-13,25H,10-11H2,1-3H3,(H,26,27)(H2,24,28,29). The second-order valence-electron chi connectivity index (χ2n) is 8.53. The lowest BCUT2D eigenvalue weighted by atomic mass is 9.86. The second-order valence-corrected chi connectivity index (χ2v) is 10.1. The number of carbonyl (C=O) groups is 1. The number of hydrogen-bond donors (Lipinski definition) is 3. The number of nitrogens with two attached hydrogens (primary N) is 1. The van der Waals surface area contributed by atoms with Crippen LogP contribution in [0.1, 0.15) is 47.5 Å². The minimum Gasteiger partial charge on any atom is -0.426 e. The Morgan fingerprint density at radius 3 is 2.53 bits per heavy atom. The van der Waals surface area contributed by atoms with E-state index < -0.39 is 15.9 Å². The van der Waals surface area contributed by atoms with Crippen molar-refractivity contribution in [2.75, 3.05) is 5.43 Å². The van der Waals surface area contributed by atoms with Crippen LogP contribution in [0.15, 0.2) is 57.8 Å². The van der Waals surface area contributed by atoms with Crippen LogP contribution in [-0.2, 0) is 21.9 Å². The fourth-order valence-electron chi connectivity index (χ4n) is 3.80. The summed E-state index contributed by atoms with van der Waals surface area (Å²) in [6, 6.07) is 13.0. The number of sulfonamides is 1. The zero-order valence-corrected chi connectivity index (χ0v) is 18.9. The number of nitrogens with one attached hydrogen (secondary N) is 2. The van der Waals surface area contributed by atoms with E-state index in [2.05, 4.69) is 36.8 Å². The van der Waals surface area contributed by atoms with Crippen molar-refractivity contribution in [2.24, 2.45) is 5.14 Å². The maximum absolute atomic E-state index is 12.4. The smallest absolute Gasteiger partial charge is 0.305 e. The van der Waals surface area contributed by atoms with Crippen LogP contribution >= 0.6 is 0 Å². The summed E-state index contributed by atoms with van der Waals surface area (Å²) in [6.07, 6.45) is 2.17. The first-order chi connectivity index (χ1) is 15.0. The van der Waals surface area contributed by atoms with E-state index >= 15 is 0 Å². The number of carbonyl (C=O) groups excluding carboxylic acids is 1. The molecule has 1 aromatic heterocycles. The molecule has 3 aromatic rings. The molecule has 0 unspecified atom stereocenters. The molecule has 0 saturated heterocycles. The molecule has 1 heterocycles. The molecule has 2 aromatic carbocycles. The molecular weight excluding hydrogens is 430 g/mol. The molecule has 0 spiro atoms. The quantitative estimate of drug-likeness (QED) is 0.483. The van der Waals surface area contributed by atoms with E-state index in [1.165, 1.54) is 41.5 Å². The fourth-order valence-corrected chi connectivity index (χ4v) is 4.32. The van der Waals surface area contributed by atoms with Gasteiger partial charge in [0.05, 0.1) is 10.6 Å². The summed E-state index contributed by atoms with van der Waals surface area (Å²) in [6.45, 7) is 6.44. The highest BCUT2D eigenvalue weighted by atomic mass is 32.2. The number of fused-ring (bicyclic) bond motifs is 1. The summed E-state index contributed by atoms with van der Waals surface area (Å²) in [7, 11) is -3.77. The van der Waals surface area contributed by atoms with Gasteiger partial charge >= 0.3 is 5.91 Å². The topological polar surface area (TPSA) is 124 Å². The highest BCUT2D eigenvalue weighted by Crippen LogP contribution is 2.42. The predicted molar refractivity (Wildman–Crippen MR) is 120 cm³/mol. The highest BCUT2D eigenvalue weighted by Gasteiger charge is 2.30. The van der Waals surface area contributed by atoms with Crippen molar-refractivity contribution in [3.05, 3.63) is 71.0 Å². The Bertz CT molecular complexity index is 1280. The minimum atomic E-state index is -3.77. The zero-order valence-electron chi connectivity index (χ0n) is 18.1. The van der Waals surface area contributed by atoms with Crippen LogP contribution in [0.25, 0.3) is 0 Å². The molecule has 32 heavy (non-hydrogen) atoms. The Morgan fingerprint density at radius 1 is 1.12 bits per heavy atom. The van der Waals surface area contributed by atoms with Crippen LogP contribution in [0.2, 0.25) is 0 Å². The van der Waals surface area contributed by atoms with Crippen molar-refractivity contribution in [3.8, 4) is 11.7 Å². The second kappa shape index (κ2) is 7.99. The van der Waals surface area contributed by atoms with Gasteiger partial charge in [0.2, 0.25) is 10.0 Å². The maximum Gasteiger partial charge on any atom is 0.305 e. The maximum atomic E-state index is 12.4. The Balaban J connectivity index is 1.41. The normalized spacial score (nSPS) is 14.6. The SMILES string of the molecule is Cc1cc2c(cc1Oc1ccc(C(=O)NNc3ccc(S(N)(=O)=O)cc3)o1)C(C)(C)CC2. The number of ether oxygens (including phenoxy) is 1. The van der Waals surface area contributed by atoms with Crippen LogP contribution in [-0.4, -0.2) is 14.3 Å².